The van der Waals surface area contributed by atoms with E-state index in [0.29, 0.717) is 24.5 Å². The van der Waals surface area contributed by atoms with Gasteiger partial charge in [0.25, 0.3) is 5.91 Å². The Morgan fingerprint density at radius 2 is 2.04 bits per heavy atom. The molecule has 1 aliphatic rings. The SMILES string of the molecule is Cc1ncc(CO)c(C2CCN(C(=O)c3ccc4ncccc4c3)CC2)n1. The van der Waals surface area contributed by atoms with Gasteiger partial charge in [0, 0.05) is 47.9 Å². The zero-order valence-electron chi connectivity index (χ0n) is 15.3. The van der Waals surface area contributed by atoms with Crippen molar-refractivity contribution in [3.8, 4) is 0 Å². The van der Waals surface area contributed by atoms with E-state index in [9.17, 15) is 9.90 Å². The van der Waals surface area contributed by atoms with Crippen molar-refractivity contribution in [1.29, 1.82) is 0 Å². The summed E-state index contributed by atoms with van der Waals surface area (Å²) in [5, 5.41) is 10.5. The normalized spacial score (nSPS) is 15.3. The summed E-state index contributed by atoms with van der Waals surface area (Å²) in [6.45, 7) is 3.17. The highest BCUT2D eigenvalue weighted by Gasteiger charge is 2.27. The average Bonchev–Trinajstić information content (AvgIpc) is 2.73. The lowest BCUT2D eigenvalue weighted by Gasteiger charge is -2.32. The van der Waals surface area contributed by atoms with Gasteiger partial charge in [-0.1, -0.05) is 6.07 Å². The molecular weight excluding hydrogens is 340 g/mol. The van der Waals surface area contributed by atoms with Crippen LogP contribution in [0, 0.1) is 6.92 Å². The van der Waals surface area contributed by atoms with Crippen LogP contribution in [0.1, 0.15) is 46.2 Å². The van der Waals surface area contributed by atoms with Crippen molar-refractivity contribution in [1.82, 2.24) is 19.9 Å². The minimum Gasteiger partial charge on any atom is -0.392 e. The molecule has 0 bridgehead atoms. The highest BCUT2D eigenvalue weighted by molar-refractivity contribution is 5.98. The molecule has 4 rings (SSSR count). The number of hydrogen-bond acceptors (Lipinski definition) is 5. The lowest BCUT2D eigenvalue weighted by Crippen LogP contribution is -2.38. The number of likely N-dealkylation sites (tertiary alicyclic amines) is 1. The van der Waals surface area contributed by atoms with Crippen molar-refractivity contribution >= 4 is 16.8 Å². The summed E-state index contributed by atoms with van der Waals surface area (Å²) in [7, 11) is 0. The van der Waals surface area contributed by atoms with E-state index >= 15 is 0 Å². The van der Waals surface area contributed by atoms with E-state index in [1.807, 2.05) is 42.2 Å². The first-order valence-corrected chi connectivity index (χ1v) is 9.23. The largest absolute Gasteiger partial charge is 0.392 e. The molecule has 0 radical (unpaired) electrons. The van der Waals surface area contributed by atoms with Gasteiger partial charge in [0.1, 0.15) is 5.82 Å². The van der Waals surface area contributed by atoms with Crippen molar-refractivity contribution < 1.29 is 9.90 Å². The predicted molar refractivity (Wildman–Crippen MR) is 102 cm³/mol. The fourth-order valence-corrected chi connectivity index (χ4v) is 3.73. The molecule has 6 heteroatoms. The van der Waals surface area contributed by atoms with Gasteiger partial charge in [-0.05, 0) is 44.0 Å². The summed E-state index contributed by atoms with van der Waals surface area (Å²) in [6.07, 6.45) is 5.14. The van der Waals surface area contributed by atoms with Gasteiger partial charge in [0.05, 0.1) is 17.8 Å². The van der Waals surface area contributed by atoms with E-state index < -0.39 is 0 Å². The van der Waals surface area contributed by atoms with Crippen LogP contribution in [0.3, 0.4) is 0 Å². The van der Waals surface area contributed by atoms with Crippen LogP contribution >= 0.6 is 0 Å². The molecule has 3 heterocycles. The zero-order chi connectivity index (χ0) is 18.8. The number of rotatable bonds is 3. The van der Waals surface area contributed by atoms with Crippen LogP contribution in [-0.2, 0) is 6.61 Å². The first-order valence-electron chi connectivity index (χ1n) is 9.23. The Labute approximate surface area is 157 Å². The fraction of sp³-hybridized carbons (Fsp3) is 0.333. The maximum atomic E-state index is 12.9. The van der Waals surface area contributed by atoms with E-state index in [0.717, 1.165) is 35.0 Å². The Kier molecular flexibility index (Phi) is 4.81. The molecule has 3 aromatic rings. The lowest BCUT2D eigenvalue weighted by atomic mass is 9.90. The average molecular weight is 362 g/mol. The molecule has 2 aromatic heterocycles. The first kappa shape index (κ1) is 17.5. The summed E-state index contributed by atoms with van der Waals surface area (Å²) >= 11 is 0. The highest BCUT2D eigenvalue weighted by Crippen LogP contribution is 2.30. The number of piperidine rings is 1. The van der Waals surface area contributed by atoms with Gasteiger partial charge >= 0.3 is 0 Å². The maximum absolute atomic E-state index is 12.9. The summed E-state index contributed by atoms with van der Waals surface area (Å²) in [5.74, 6) is 1.02. The monoisotopic (exact) mass is 362 g/mol. The number of hydrogen-bond donors (Lipinski definition) is 1. The Bertz CT molecular complexity index is 981. The fourth-order valence-electron chi connectivity index (χ4n) is 3.73. The lowest BCUT2D eigenvalue weighted by molar-refractivity contribution is 0.0711. The molecule has 1 amide bonds. The van der Waals surface area contributed by atoms with Crippen LogP contribution in [-0.4, -0.2) is 44.0 Å². The Morgan fingerprint density at radius 1 is 1.22 bits per heavy atom. The molecule has 1 N–H and O–H groups in total. The molecule has 1 saturated heterocycles. The van der Waals surface area contributed by atoms with Gasteiger partial charge in [0.15, 0.2) is 0 Å². The molecule has 0 spiro atoms. The molecule has 1 aromatic carbocycles. The van der Waals surface area contributed by atoms with Crippen molar-refractivity contribution in [2.24, 2.45) is 0 Å². The first-order chi connectivity index (χ1) is 13.2. The number of benzene rings is 1. The van der Waals surface area contributed by atoms with Crippen LogP contribution in [0.15, 0.2) is 42.7 Å². The van der Waals surface area contributed by atoms with Crippen LogP contribution in [0.4, 0.5) is 0 Å². The van der Waals surface area contributed by atoms with Gasteiger partial charge in [-0.2, -0.15) is 0 Å². The number of aliphatic hydroxyl groups is 1. The number of carbonyl (C=O) groups excluding carboxylic acids is 1. The number of aliphatic hydroxyl groups excluding tert-OH is 1. The maximum Gasteiger partial charge on any atom is 0.253 e. The zero-order valence-corrected chi connectivity index (χ0v) is 15.3. The molecule has 0 unspecified atom stereocenters. The summed E-state index contributed by atoms with van der Waals surface area (Å²) in [5.41, 5.74) is 3.30. The number of aromatic nitrogens is 3. The molecule has 6 nitrogen and oxygen atoms in total. The number of pyridine rings is 1. The third-order valence-corrected chi connectivity index (χ3v) is 5.21. The Morgan fingerprint density at radius 3 is 2.81 bits per heavy atom. The topological polar surface area (TPSA) is 79.2 Å². The molecule has 0 saturated carbocycles. The third-order valence-electron chi connectivity index (χ3n) is 5.21. The van der Waals surface area contributed by atoms with E-state index in [2.05, 4.69) is 15.0 Å². The second-order valence-electron chi connectivity index (χ2n) is 6.96. The van der Waals surface area contributed by atoms with Gasteiger partial charge in [-0.3, -0.25) is 9.78 Å². The van der Waals surface area contributed by atoms with Crippen molar-refractivity contribution in [2.75, 3.05) is 13.1 Å². The quantitative estimate of drug-likeness (QED) is 0.775. The van der Waals surface area contributed by atoms with Gasteiger partial charge in [-0.15, -0.1) is 0 Å². The standard InChI is InChI=1S/C21H22N4O2/c1-14-23-12-18(13-26)20(24-14)15-6-9-25(10-7-15)21(27)17-4-5-19-16(11-17)3-2-8-22-19/h2-5,8,11-12,15,26H,6-7,9-10,13H2,1H3. The van der Waals surface area contributed by atoms with Crippen molar-refractivity contribution in [3.63, 3.8) is 0 Å². The van der Waals surface area contributed by atoms with Crippen molar-refractivity contribution in [2.45, 2.75) is 32.3 Å². The Hall–Kier alpha value is -2.86. The number of carbonyl (C=O) groups is 1. The van der Waals surface area contributed by atoms with E-state index in [1.165, 1.54) is 0 Å². The Balaban J connectivity index is 1.48. The summed E-state index contributed by atoms with van der Waals surface area (Å²) in [6, 6.07) is 9.51. The second kappa shape index (κ2) is 7.40. The minimum absolute atomic E-state index is 0.0557. The smallest absolute Gasteiger partial charge is 0.253 e. The minimum atomic E-state index is -0.0557. The molecule has 138 valence electrons. The molecule has 0 aliphatic carbocycles. The molecule has 1 aliphatic heterocycles. The molecule has 0 atom stereocenters. The van der Waals surface area contributed by atoms with E-state index in [1.54, 1.807) is 12.4 Å². The van der Waals surface area contributed by atoms with Crippen LogP contribution in [0.25, 0.3) is 10.9 Å². The number of nitrogens with zero attached hydrogens (tertiary/aromatic N) is 4. The number of aryl methyl sites for hydroxylation is 1. The predicted octanol–water partition coefficient (Wildman–Crippen LogP) is 2.85. The molecular formula is C21H22N4O2. The highest BCUT2D eigenvalue weighted by atomic mass is 16.3. The van der Waals surface area contributed by atoms with Crippen LogP contribution in [0.5, 0.6) is 0 Å². The number of amides is 1. The third kappa shape index (κ3) is 3.53. The second-order valence-corrected chi connectivity index (χ2v) is 6.96. The van der Waals surface area contributed by atoms with Gasteiger partial charge < -0.3 is 10.0 Å². The van der Waals surface area contributed by atoms with Crippen molar-refractivity contribution in [3.05, 3.63) is 65.4 Å². The van der Waals surface area contributed by atoms with E-state index in [4.69, 9.17) is 0 Å². The van der Waals surface area contributed by atoms with E-state index in [-0.39, 0.29) is 18.4 Å². The molecule has 1 fully saturated rings. The summed E-state index contributed by atoms with van der Waals surface area (Å²) < 4.78 is 0. The molecule has 27 heavy (non-hydrogen) atoms. The van der Waals surface area contributed by atoms with Gasteiger partial charge in [0.2, 0.25) is 0 Å². The van der Waals surface area contributed by atoms with Gasteiger partial charge in [-0.25, -0.2) is 9.97 Å². The summed E-state index contributed by atoms with van der Waals surface area (Å²) in [4.78, 5) is 27.8. The van der Waals surface area contributed by atoms with Crippen LogP contribution < -0.4 is 0 Å². The van der Waals surface area contributed by atoms with Crippen LogP contribution in [0.2, 0.25) is 0 Å². The number of fused-ring (bicyclic) bond motifs is 1.